The lowest BCUT2D eigenvalue weighted by molar-refractivity contribution is 0.522. The van der Waals surface area contributed by atoms with E-state index in [1.54, 1.807) is 7.05 Å². The second-order valence-corrected chi connectivity index (χ2v) is 6.61. The van der Waals surface area contributed by atoms with E-state index in [1.807, 2.05) is 6.92 Å². The van der Waals surface area contributed by atoms with E-state index in [9.17, 15) is 8.42 Å². The monoisotopic (exact) mass is 288 g/mol. The van der Waals surface area contributed by atoms with Gasteiger partial charge in [0.1, 0.15) is 4.90 Å². The number of nitrogens with two attached hydrogens (primary N) is 1. The van der Waals surface area contributed by atoms with E-state index >= 15 is 0 Å². The van der Waals surface area contributed by atoms with Crippen LogP contribution in [0.1, 0.15) is 46.0 Å². The van der Waals surface area contributed by atoms with Crippen molar-refractivity contribution < 1.29 is 8.42 Å². The Morgan fingerprint density at radius 2 is 2.11 bits per heavy atom. The summed E-state index contributed by atoms with van der Waals surface area (Å²) >= 11 is 0. The molecule has 0 aromatic carbocycles. The predicted octanol–water partition coefficient (Wildman–Crippen LogP) is 1.64. The summed E-state index contributed by atoms with van der Waals surface area (Å²) in [5.41, 5.74) is 5.59. The maximum absolute atomic E-state index is 12.1. The van der Waals surface area contributed by atoms with Crippen LogP contribution in [0.4, 0.5) is 5.82 Å². The van der Waals surface area contributed by atoms with Gasteiger partial charge in [0, 0.05) is 19.3 Å². The molecular weight excluding hydrogens is 264 g/mol. The summed E-state index contributed by atoms with van der Waals surface area (Å²) in [6.07, 6.45) is 6.78. The smallest absolute Gasteiger partial charge is 0.246 e. The first kappa shape index (κ1) is 16.0. The van der Waals surface area contributed by atoms with Gasteiger partial charge in [-0.1, -0.05) is 32.6 Å². The predicted molar refractivity (Wildman–Crippen MR) is 76.2 cm³/mol. The molecule has 1 unspecified atom stereocenters. The van der Waals surface area contributed by atoms with Gasteiger partial charge in [0.2, 0.25) is 10.0 Å². The average Bonchev–Trinajstić information content (AvgIpc) is 2.64. The molecule has 1 aromatic rings. The minimum Gasteiger partial charge on any atom is -0.381 e. The zero-order valence-corrected chi connectivity index (χ0v) is 12.7. The molecule has 7 heteroatoms. The molecule has 1 atom stereocenters. The number of rotatable bonds is 8. The van der Waals surface area contributed by atoms with Crippen molar-refractivity contribution in [3.05, 3.63) is 6.20 Å². The second-order valence-electron chi connectivity index (χ2n) is 4.92. The lowest BCUT2D eigenvalue weighted by Crippen LogP contribution is -2.32. The Bertz CT molecular complexity index is 496. The van der Waals surface area contributed by atoms with Gasteiger partial charge in [0.05, 0.1) is 0 Å². The van der Waals surface area contributed by atoms with Gasteiger partial charge in [-0.05, 0) is 13.3 Å². The minimum absolute atomic E-state index is 0.0354. The number of nitrogens with zero attached hydrogens (tertiary/aromatic N) is 2. The summed E-state index contributed by atoms with van der Waals surface area (Å²) in [5.74, 6) is 0.0354. The highest BCUT2D eigenvalue weighted by Gasteiger charge is 2.22. The summed E-state index contributed by atoms with van der Waals surface area (Å²) in [6, 6.07) is -0.0959. The Morgan fingerprint density at radius 1 is 1.42 bits per heavy atom. The quantitative estimate of drug-likeness (QED) is 0.712. The molecule has 0 aliphatic rings. The van der Waals surface area contributed by atoms with Gasteiger partial charge in [-0.2, -0.15) is 5.10 Å². The normalized spacial score (nSPS) is 13.6. The zero-order valence-electron chi connectivity index (χ0n) is 11.9. The topological polar surface area (TPSA) is 90.0 Å². The number of sulfonamides is 1. The van der Waals surface area contributed by atoms with Crippen molar-refractivity contribution in [2.45, 2.75) is 56.9 Å². The van der Waals surface area contributed by atoms with E-state index in [1.165, 1.54) is 23.7 Å². The van der Waals surface area contributed by atoms with Gasteiger partial charge in [-0.3, -0.25) is 4.68 Å². The number of anilines is 1. The van der Waals surface area contributed by atoms with E-state index < -0.39 is 10.0 Å². The Morgan fingerprint density at radius 3 is 2.63 bits per heavy atom. The van der Waals surface area contributed by atoms with Crippen molar-refractivity contribution in [3.63, 3.8) is 0 Å². The molecule has 0 saturated carbocycles. The maximum atomic E-state index is 12.1. The molecule has 6 nitrogen and oxygen atoms in total. The molecule has 3 N–H and O–H groups in total. The maximum Gasteiger partial charge on any atom is 0.246 e. The van der Waals surface area contributed by atoms with Crippen LogP contribution in [0.3, 0.4) is 0 Å². The summed E-state index contributed by atoms with van der Waals surface area (Å²) < 4.78 is 28.3. The third-order valence-electron chi connectivity index (χ3n) is 2.96. The number of aryl methyl sites for hydroxylation is 1. The second kappa shape index (κ2) is 6.91. The van der Waals surface area contributed by atoms with Crippen molar-refractivity contribution in [1.82, 2.24) is 14.5 Å². The first-order valence-electron chi connectivity index (χ1n) is 6.68. The number of nitrogen functional groups attached to an aromatic ring is 1. The van der Waals surface area contributed by atoms with Crippen LogP contribution in [0, 0.1) is 0 Å². The minimum atomic E-state index is -3.57. The van der Waals surface area contributed by atoms with Crippen LogP contribution in [0.15, 0.2) is 11.1 Å². The Kier molecular flexibility index (Phi) is 5.81. The number of unbranched alkanes of at least 4 members (excludes halogenated alkanes) is 3. The van der Waals surface area contributed by atoms with Gasteiger partial charge < -0.3 is 5.73 Å². The standard InChI is InChI=1S/C12H24N4O2S/c1-4-5-6-7-8-10(2)15-19(17,18)11-9-16(3)14-12(11)13/h9-10,15H,4-8H2,1-3H3,(H2,13,14). The van der Waals surface area contributed by atoms with Gasteiger partial charge in [0.15, 0.2) is 5.82 Å². The highest BCUT2D eigenvalue weighted by Crippen LogP contribution is 2.16. The molecule has 0 aliphatic carbocycles. The van der Waals surface area contributed by atoms with E-state index in [-0.39, 0.29) is 16.8 Å². The lowest BCUT2D eigenvalue weighted by atomic mass is 10.1. The Labute approximate surface area is 115 Å². The van der Waals surface area contributed by atoms with E-state index in [4.69, 9.17) is 5.73 Å². The fraction of sp³-hybridized carbons (Fsp3) is 0.750. The highest BCUT2D eigenvalue weighted by atomic mass is 32.2. The molecule has 1 rings (SSSR count). The molecule has 1 aromatic heterocycles. The number of nitrogens with one attached hydrogen (secondary N) is 1. The summed E-state index contributed by atoms with van der Waals surface area (Å²) in [5, 5.41) is 3.85. The summed E-state index contributed by atoms with van der Waals surface area (Å²) in [6.45, 7) is 4.02. The van der Waals surface area contributed by atoms with Crippen LogP contribution in [0.2, 0.25) is 0 Å². The third kappa shape index (κ3) is 4.83. The summed E-state index contributed by atoms with van der Waals surface area (Å²) in [4.78, 5) is 0.0513. The molecule has 0 saturated heterocycles. The van der Waals surface area contributed by atoms with Gasteiger partial charge >= 0.3 is 0 Å². The van der Waals surface area contributed by atoms with Crippen LogP contribution in [0.5, 0.6) is 0 Å². The van der Waals surface area contributed by atoms with Crippen LogP contribution >= 0.6 is 0 Å². The van der Waals surface area contributed by atoms with Crippen molar-refractivity contribution in [3.8, 4) is 0 Å². The fourth-order valence-corrected chi connectivity index (χ4v) is 3.34. The van der Waals surface area contributed by atoms with Crippen LogP contribution in [-0.4, -0.2) is 24.2 Å². The largest absolute Gasteiger partial charge is 0.381 e. The van der Waals surface area contributed by atoms with Gasteiger partial charge in [-0.15, -0.1) is 0 Å². The third-order valence-corrected chi connectivity index (χ3v) is 4.56. The SMILES string of the molecule is CCCCCCC(C)NS(=O)(=O)c1cn(C)nc1N. The van der Waals surface area contributed by atoms with Crippen molar-refractivity contribution in [2.75, 3.05) is 5.73 Å². The van der Waals surface area contributed by atoms with Crippen LogP contribution in [-0.2, 0) is 17.1 Å². The fourth-order valence-electron chi connectivity index (χ4n) is 1.96. The molecular formula is C12H24N4O2S. The van der Waals surface area contributed by atoms with E-state index in [0.717, 1.165) is 19.3 Å². The first-order chi connectivity index (χ1) is 8.86. The summed E-state index contributed by atoms with van der Waals surface area (Å²) in [7, 11) is -1.93. The molecule has 0 radical (unpaired) electrons. The van der Waals surface area contributed by atoms with Gasteiger partial charge in [-0.25, -0.2) is 13.1 Å². The molecule has 19 heavy (non-hydrogen) atoms. The number of hydrogen-bond acceptors (Lipinski definition) is 4. The van der Waals surface area contributed by atoms with E-state index in [0.29, 0.717) is 0 Å². The Hall–Kier alpha value is -1.08. The molecule has 110 valence electrons. The average molecular weight is 288 g/mol. The van der Waals surface area contributed by atoms with E-state index in [2.05, 4.69) is 16.7 Å². The lowest BCUT2D eigenvalue weighted by Gasteiger charge is -2.13. The molecule has 1 heterocycles. The highest BCUT2D eigenvalue weighted by molar-refractivity contribution is 7.89. The molecule has 0 bridgehead atoms. The van der Waals surface area contributed by atoms with Crippen LogP contribution < -0.4 is 10.5 Å². The number of aromatic nitrogens is 2. The molecule has 0 fully saturated rings. The van der Waals surface area contributed by atoms with Crippen LogP contribution in [0.25, 0.3) is 0 Å². The first-order valence-corrected chi connectivity index (χ1v) is 8.16. The van der Waals surface area contributed by atoms with Gasteiger partial charge in [0.25, 0.3) is 0 Å². The van der Waals surface area contributed by atoms with Crippen molar-refractivity contribution in [2.24, 2.45) is 7.05 Å². The van der Waals surface area contributed by atoms with Crippen molar-refractivity contribution in [1.29, 1.82) is 0 Å². The zero-order chi connectivity index (χ0) is 14.5. The molecule has 0 amide bonds. The number of hydrogen-bond donors (Lipinski definition) is 2. The molecule has 0 aliphatic heterocycles. The Balaban J connectivity index is 2.57. The van der Waals surface area contributed by atoms with Crippen molar-refractivity contribution >= 4 is 15.8 Å². The molecule has 0 spiro atoms.